The zero-order chi connectivity index (χ0) is 10.3. The van der Waals surface area contributed by atoms with E-state index in [1.165, 1.54) is 0 Å². The molecule has 5 heteroatoms. The van der Waals surface area contributed by atoms with E-state index in [-0.39, 0.29) is 11.9 Å². The molecule has 0 fully saturated rings. The minimum atomic E-state index is -0.250. The van der Waals surface area contributed by atoms with Crippen LogP contribution in [0.4, 0.5) is 11.4 Å². The Morgan fingerprint density at radius 2 is 1.79 bits per heavy atom. The molecule has 2 N–H and O–H groups in total. The van der Waals surface area contributed by atoms with Crippen molar-refractivity contribution in [1.82, 2.24) is 0 Å². The molecule has 14 heavy (non-hydrogen) atoms. The monoisotopic (exact) mass is 230 g/mol. The highest BCUT2D eigenvalue weighted by Crippen LogP contribution is 2.34. The molecule has 1 aromatic carbocycles. The summed E-state index contributed by atoms with van der Waals surface area (Å²) in [5, 5.41) is 6.66. The fraction of sp³-hybridized carbons (Fsp3) is 0.222. The number of benzene rings is 1. The van der Waals surface area contributed by atoms with Crippen LogP contribution in [0.3, 0.4) is 0 Å². The molecule has 74 valence electrons. The van der Waals surface area contributed by atoms with Gasteiger partial charge in [0.2, 0.25) is 5.91 Å². The zero-order valence-electron chi connectivity index (χ0n) is 7.40. The van der Waals surface area contributed by atoms with Crippen LogP contribution in [0.2, 0.25) is 10.0 Å². The minimum absolute atomic E-state index is 0.0733. The summed E-state index contributed by atoms with van der Waals surface area (Å²) in [4.78, 5) is 11.3. The van der Waals surface area contributed by atoms with E-state index in [1.54, 1.807) is 19.1 Å². The van der Waals surface area contributed by atoms with Crippen molar-refractivity contribution >= 4 is 40.5 Å². The summed E-state index contributed by atoms with van der Waals surface area (Å²) in [6.07, 6.45) is 0. The fourth-order valence-electron chi connectivity index (χ4n) is 1.31. The lowest BCUT2D eigenvalue weighted by molar-refractivity contribution is -0.116. The average molecular weight is 231 g/mol. The summed E-state index contributed by atoms with van der Waals surface area (Å²) in [6.45, 7) is 1.78. The maximum Gasteiger partial charge on any atom is 0.246 e. The molecule has 3 nitrogen and oxygen atoms in total. The number of nitrogens with one attached hydrogen (secondary N) is 2. The molecule has 0 aliphatic carbocycles. The standard InChI is InChI=1S/C9H8Cl2N2O/c1-4-9(14)13-8-3-6(11)5(10)2-7(8)12-4/h2-4,12H,1H3,(H,13,14). The van der Waals surface area contributed by atoms with Crippen molar-refractivity contribution in [2.24, 2.45) is 0 Å². The molecule has 1 aliphatic rings. The number of carbonyl (C=O) groups excluding carboxylic acids is 1. The highest BCUT2D eigenvalue weighted by molar-refractivity contribution is 6.42. The second-order valence-electron chi connectivity index (χ2n) is 3.17. The molecule has 1 amide bonds. The largest absolute Gasteiger partial charge is 0.372 e. The summed E-state index contributed by atoms with van der Waals surface area (Å²) in [5.74, 6) is -0.0733. The summed E-state index contributed by atoms with van der Waals surface area (Å²) in [6, 6.07) is 3.09. The molecule has 1 aromatic rings. The van der Waals surface area contributed by atoms with E-state index in [0.717, 1.165) is 5.69 Å². The van der Waals surface area contributed by atoms with Crippen LogP contribution in [0.5, 0.6) is 0 Å². The second kappa shape index (κ2) is 3.33. The van der Waals surface area contributed by atoms with Crippen molar-refractivity contribution in [3.8, 4) is 0 Å². The highest BCUT2D eigenvalue weighted by Gasteiger charge is 2.22. The summed E-state index contributed by atoms with van der Waals surface area (Å²) < 4.78 is 0. The Morgan fingerprint density at radius 3 is 2.43 bits per heavy atom. The molecule has 1 atom stereocenters. The third kappa shape index (κ3) is 1.53. The fourth-order valence-corrected chi connectivity index (χ4v) is 1.64. The van der Waals surface area contributed by atoms with Crippen LogP contribution in [-0.2, 0) is 4.79 Å². The van der Waals surface area contributed by atoms with Crippen molar-refractivity contribution in [1.29, 1.82) is 0 Å². The lowest BCUT2D eigenvalue weighted by atomic mass is 10.1. The van der Waals surface area contributed by atoms with Crippen LogP contribution < -0.4 is 10.6 Å². The van der Waals surface area contributed by atoms with Gasteiger partial charge in [0.05, 0.1) is 21.4 Å². The van der Waals surface area contributed by atoms with Gasteiger partial charge in [-0.05, 0) is 19.1 Å². The quantitative estimate of drug-likeness (QED) is 0.720. The Bertz CT molecular complexity index is 406. The van der Waals surface area contributed by atoms with E-state index in [9.17, 15) is 4.79 Å². The Morgan fingerprint density at radius 1 is 1.21 bits per heavy atom. The molecule has 0 aromatic heterocycles. The van der Waals surface area contributed by atoms with Crippen molar-refractivity contribution < 1.29 is 4.79 Å². The molecule has 0 spiro atoms. The molecule has 1 heterocycles. The molecule has 0 saturated heterocycles. The summed E-state index contributed by atoms with van der Waals surface area (Å²) in [5.41, 5.74) is 1.47. The number of fused-ring (bicyclic) bond motifs is 1. The normalized spacial score (nSPS) is 19.6. The average Bonchev–Trinajstić information content (AvgIpc) is 2.11. The van der Waals surface area contributed by atoms with E-state index in [2.05, 4.69) is 10.6 Å². The maximum absolute atomic E-state index is 11.3. The predicted octanol–water partition coefficient (Wildman–Crippen LogP) is 2.75. The topological polar surface area (TPSA) is 41.1 Å². The first-order valence-corrected chi connectivity index (χ1v) is 4.90. The van der Waals surface area contributed by atoms with Gasteiger partial charge in [-0.2, -0.15) is 0 Å². The number of amides is 1. The van der Waals surface area contributed by atoms with E-state index < -0.39 is 0 Å². The van der Waals surface area contributed by atoms with Gasteiger partial charge in [0.1, 0.15) is 6.04 Å². The third-order valence-electron chi connectivity index (χ3n) is 2.08. The van der Waals surface area contributed by atoms with Gasteiger partial charge < -0.3 is 10.6 Å². The molecule has 0 saturated carbocycles. The first kappa shape index (κ1) is 9.62. The number of hydrogen-bond acceptors (Lipinski definition) is 2. The van der Waals surface area contributed by atoms with Gasteiger partial charge >= 0.3 is 0 Å². The minimum Gasteiger partial charge on any atom is -0.372 e. The number of halogens is 2. The SMILES string of the molecule is CC1Nc2cc(Cl)c(Cl)cc2NC1=O. The van der Waals surface area contributed by atoms with Gasteiger partial charge in [0, 0.05) is 0 Å². The third-order valence-corrected chi connectivity index (χ3v) is 2.81. The maximum atomic E-state index is 11.3. The number of rotatable bonds is 0. The molecule has 1 aliphatic heterocycles. The molecule has 1 unspecified atom stereocenters. The van der Waals surface area contributed by atoms with Crippen molar-refractivity contribution in [3.63, 3.8) is 0 Å². The van der Waals surface area contributed by atoms with Crippen LogP contribution >= 0.6 is 23.2 Å². The van der Waals surface area contributed by atoms with Gasteiger partial charge in [0.25, 0.3) is 0 Å². The molecule has 2 rings (SSSR count). The Hall–Kier alpha value is -0.930. The van der Waals surface area contributed by atoms with Crippen LogP contribution in [0.25, 0.3) is 0 Å². The van der Waals surface area contributed by atoms with Gasteiger partial charge in [-0.3, -0.25) is 4.79 Å². The van der Waals surface area contributed by atoms with Crippen LogP contribution in [0, 0.1) is 0 Å². The van der Waals surface area contributed by atoms with E-state index >= 15 is 0 Å². The molecular formula is C9H8Cl2N2O. The van der Waals surface area contributed by atoms with Crippen LogP contribution in [-0.4, -0.2) is 11.9 Å². The smallest absolute Gasteiger partial charge is 0.246 e. The van der Waals surface area contributed by atoms with E-state index in [0.29, 0.717) is 15.7 Å². The zero-order valence-corrected chi connectivity index (χ0v) is 8.91. The van der Waals surface area contributed by atoms with Crippen molar-refractivity contribution in [3.05, 3.63) is 22.2 Å². The Kier molecular flexibility index (Phi) is 2.29. The summed E-state index contributed by atoms with van der Waals surface area (Å²) in [7, 11) is 0. The lowest BCUT2D eigenvalue weighted by Crippen LogP contribution is -2.36. The number of carbonyl (C=O) groups is 1. The lowest BCUT2D eigenvalue weighted by Gasteiger charge is -2.24. The van der Waals surface area contributed by atoms with Gasteiger partial charge in [-0.15, -0.1) is 0 Å². The van der Waals surface area contributed by atoms with Gasteiger partial charge in [0.15, 0.2) is 0 Å². The predicted molar refractivity (Wildman–Crippen MR) is 58.2 cm³/mol. The highest BCUT2D eigenvalue weighted by atomic mass is 35.5. The van der Waals surface area contributed by atoms with Crippen LogP contribution in [0.15, 0.2) is 12.1 Å². The van der Waals surface area contributed by atoms with Crippen molar-refractivity contribution in [2.75, 3.05) is 10.6 Å². The number of anilines is 2. The van der Waals surface area contributed by atoms with E-state index in [1.807, 2.05) is 0 Å². The van der Waals surface area contributed by atoms with Crippen molar-refractivity contribution in [2.45, 2.75) is 13.0 Å². The molecular weight excluding hydrogens is 223 g/mol. The first-order chi connectivity index (χ1) is 6.58. The van der Waals surface area contributed by atoms with Gasteiger partial charge in [-0.25, -0.2) is 0 Å². The number of hydrogen-bond donors (Lipinski definition) is 2. The van der Waals surface area contributed by atoms with Crippen LogP contribution in [0.1, 0.15) is 6.92 Å². The second-order valence-corrected chi connectivity index (χ2v) is 3.98. The summed E-state index contributed by atoms with van der Waals surface area (Å²) >= 11 is 11.7. The Balaban J connectivity index is 2.47. The Labute approximate surface area is 91.4 Å². The molecule has 0 radical (unpaired) electrons. The molecule has 0 bridgehead atoms. The van der Waals surface area contributed by atoms with Gasteiger partial charge in [-0.1, -0.05) is 23.2 Å². The first-order valence-electron chi connectivity index (χ1n) is 4.14. The van der Waals surface area contributed by atoms with E-state index in [4.69, 9.17) is 23.2 Å².